The SMILES string of the molecule is CCCCC/C=C\C/C=C\C/C=C\CCCCC(=O)O[C@H](COC(=O)CCCCCCCCCCCCCC)COP(=O)(O)OC[C@H](N)C(=O)O. The third kappa shape index (κ3) is 34.5. The topological polar surface area (TPSA) is 172 Å². The van der Waals surface area contributed by atoms with Gasteiger partial charge in [-0.25, -0.2) is 4.57 Å². The van der Waals surface area contributed by atoms with E-state index in [0.717, 1.165) is 51.4 Å². The third-order valence-corrected chi connectivity index (χ3v) is 9.09. The van der Waals surface area contributed by atoms with Crippen molar-refractivity contribution in [1.82, 2.24) is 0 Å². The number of carboxylic acids is 1. The van der Waals surface area contributed by atoms with Crippen LogP contribution in [0.1, 0.15) is 162 Å². The highest BCUT2D eigenvalue weighted by atomic mass is 31.2. The summed E-state index contributed by atoms with van der Waals surface area (Å²) in [6, 6.07) is -1.53. The first-order chi connectivity index (χ1) is 24.6. The number of unbranched alkanes of at least 4 members (excludes halogenated alkanes) is 16. The van der Waals surface area contributed by atoms with Crippen LogP contribution in [0.15, 0.2) is 36.5 Å². The lowest BCUT2D eigenvalue weighted by molar-refractivity contribution is -0.161. The van der Waals surface area contributed by atoms with Gasteiger partial charge < -0.3 is 25.2 Å². The van der Waals surface area contributed by atoms with Crippen LogP contribution in [0.4, 0.5) is 0 Å². The van der Waals surface area contributed by atoms with Crippen LogP contribution in [0.2, 0.25) is 0 Å². The van der Waals surface area contributed by atoms with Gasteiger partial charge in [0.1, 0.15) is 12.6 Å². The van der Waals surface area contributed by atoms with E-state index in [1.807, 2.05) is 0 Å². The van der Waals surface area contributed by atoms with Crippen molar-refractivity contribution in [3.63, 3.8) is 0 Å². The van der Waals surface area contributed by atoms with Crippen molar-refractivity contribution in [2.24, 2.45) is 5.73 Å². The van der Waals surface area contributed by atoms with E-state index in [-0.39, 0.29) is 19.4 Å². The summed E-state index contributed by atoms with van der Waals surface area (Å²) in [4.78, 5) is 45.7. The maximum Gasteiger partial charge on any atom is 0.472 e. The molecule has 0 aliphatic carbocycles. The number of allylic oxidation sites excluding steroid dienone is 6. The summed E-state index contributed by atoms with van der Waals surface area (Å²) in [6.45, 7) is 2.71. The fraction of sp³-hybridized carbons (Fsp3) is 0.769. The standard InChI is InChI=1S/C39H70NO10P/c1-3-5-7-9-11-13-15-17-18-19-21-23-25-27-29-31-38(42)50-35(33-48-51(45,46)49-34-36(40)39(43)44)32-47-37(41)30-28-26-24-22-20-16-14-12-10-8-6-4-2/h11,13,17-18,21,23,35-36H,3-10,12,14-16,19-20,22,24-34,40H2,1-2H3,(H,43,44)(H,45,46)/b13-11-,18-17-,23-21-/t35-,36+/m1/s1. The van der Waals surface area contributed by atoms with Gasteiger partial charge in [0.15, 0.2) is 6.10 Å². The number of nitrogens with two attached hydrogens (primary N) is 1. The molecular weight excluding hydrogens is 673 g/mol. The molecule has 296 valence electrons. The van der Waals surface area contributed by atoms with E-state index in [2.05, 4.69) is 54.8 Å². The number of phosphoric ester groups is 1. The van der Waals surface area contributed by atoms with Gasteiger partial charge in [-0.15, -0.1) is 0 Å². The first-order valence-electron chi connectivity index (χ1n) is 19.5. The van der Waals surface area contributed by atoms with Gasteiger partial charge in [-0.1, -0.05) is 134 Å². The van der Waals surface area contributed by atoms with Crippen molar-refractivity contribution in [2.75, 3.05) is 19.8 Å². The number of hydrogen-bond donors (Lipinski definition) is 3. The second-order valence-corrected chi connectivity index (χ2v) is 14.5. The molecule has 0 aliphatic rings. The summed E-state index contributed by atoms with van der Waals surface area (Å²) in [6.07, 6.45) is 35.0. The minimum Gasteiger partial charge on any atom is -0.480 e. The molecular formula is C39H70NO10P. The lowest BCUT2D eigenvalue weighted by atomic mass is 10.0. The maximum absolute atomic E-state index is 12.5. The van der Waals surface area contributed by atoms with Crippen LogP contribution in [0.25, 0.3) is 0 Å². The number of carbonyl (C=O) groups excluding carboxylic acids is 2. The number of phosphoric acid groups is 1. The molecule has 0 aliphatic heterocycles. The van der Waals surface area contributed by atoms with Gasteiger partial charge in [0.25, 0.3) is 0 Å². The summed E-state index contributed by atoms with van der Waals surface area (Å²) < 4.78 is 32.5. The Morgan fingerprint density at radius 3 is 1.59 bits per heavy atom. The summed E-state index contributed by atoms with van der Waals surface area (Å²) in [5.41, 5.74) is 5.31. The van der Waals surface area contributed by atoms with Crippen LogP contribution in [0.5, 0.6) is 0 Å². The normalized spacial score (nSPS) is 14.3. The number of esters is 2. The van der Waals surface area contributed by atoms with Crippen molar-refractivity contribution < 1.29 is 47.5 Å². The predicted octanol–water partition coefficient (Wildman–Crippen LogP) is 9.67. The number of ether oxygens (including phenoxy) is 2. The Labute approximate surface area is 308 Å². The molecule has 0 heterocycles. The monoisotopic (exact) mass is 743 g/mol. The van der Waals surface area contributed by atoms with Gasteiger partial charge in [-0.3, -0.25) is 23.4 Å². The molecule has 0 fully saturated rings. The molecule has 0 saturated heterocycles. The highest BCUT2D eigenvalue weighted by Gasteiger charge is 2.28. The Morgan fingerprint density at radius 1 is 0.608 bits per heavy atom. The molecule has 0 radical (unpaired) electrons. The molecule has 1 unspecified atom stereocenters. The largest absolute Gasteiger partial charge is 0.480 e. The number of aliphatic carboxylic acids is 1. The molecule has 0 spiro atoms. The Kier molecular flexibility index (Phi) is 33.2. The van der Waals surface area contributed by atoms with Crippen molar-refractivity contribution >= 4 is 25.7 Å². The summed E-state index contributed by atoms with van der Waals surface area (Å²) in [5.74, 6) is -2.43. The van der Waals surface area contributed by atoms with E-state index in [9.17, 15) is 23.8 Å². The van der Waals surface area contributed by atoms with Crippen molar-refractivity contribution in [3.8, 4) is 0 Å². The summed E-state index contributed by atoms with van der Waals surface area (Å²) in [7, 11) is -4.72. The van der Waals surface area contributed by atoms with E-state index >= 15 is 0 Å². The zero-order chi connectivity index (χ0) is 37.8. The van der Waals surface area contributed by atoms with Gasteiger partial charge >= 0.3 is 25.7 Å². The molecule has 11 nitrogen and oxygen atoms in total. The first-order valence-corrected chi connectivity index (χ1v) is 21.0. The van der Waals surface area contributed by atoms with Crippen LogP contribution in [0.3, 0.4) is 0 Å². The fourth-order valence-electron chi connectivity index (χ4n) is 5.01. The average Bonchev–Trinajstić information content (AvgIpc) is 3.10. The molecule has 12 heteroatoms. The first kappa shape index (κ1) is 48.7. The molecule has 0 rings (SSSR count). The quantitative estimate of drug-likeness (QED) is 0.0241. The smallest absolute Gasteiger partial charge is 0.472 e. The molecule has 0 aromatic heterocycles. The molecule has 0 aromatic carbocycles. The number of carbonyl (C=O) groups is 3. The fourth-order valence-corrected chi connectivity index (χ4v) is 5.79. The zero-order valence-electron chi connectivity index (χ0n) is 31.7. The van der Waals surface area contributed by atoms with E-state index < -0.39 is 51.1 Å². The molecule has 0 amide bonds. The molecule has 4 N–H and O–H groups in total. The summed E-state index contributed by atoms with van der Waals surface area (Å²) in [5, 5.41) is 8.86. The van der Waals surface area contributed by atoms with Crippen LogP contribution in [0, 0.1) is 0 Å². The van der Waals surface area contributed by atoms with Crippen LogP contribution in [-0.2, 0) is 37.5 Å². The predicted molar refractivity (Wildman–Crippen MR) is 203 cm³/mol. The number of hydrogen-bond acceptors (Lipinski definition) is 9. The van der Waals surface area contributed by atoms with Gasteiger partial charge in [0, 0.05) is 12.8 Å². The lowest BCUT2D eigenvalue weighted by Gasteiger charge is -2.20. The Hall–Kier alpha value is -2.30. The Bertz CT molecular complexity index is 1020. The van der Waals surface area contributed by atoms with E-state index in [4.69, 9.17) is 24.8 Å². The van der Waals surface area contributed by atoms with E-state index in [0.29, 0.717) is 12.8 Å². The minimum atomic E-state index is -4.72. The van der Waals surface area contributed by atoms with Gasteiger partial charge in [-0.05, 0) is 51.4 Å². The molecule has 0 bridgehead atoms. The molecule has 51 heavy (non-hydrogen) atoms. The van der Waals surface area contributed by atoms with Crippen molar-refractivity contribution in [3.05, 3.63) is 36.5 Å². The van der Waals surface area contributed by atoms with Gasteiger partial charge in [-0.2, -0.15) is 0 Å². The second-order valence-electron chi connectivity index (χ2n) is 13.1. The van der Waals surface area contributed by atoms with Crippen LogP contribution in [-0.4, -0.2) is 59.9 Å². The van der Waals surface area contributed by atoms with Crippen LogP contribution < -0.4 is 5.73 Å². The van der Waals surface area contributed by atoms with Gasteiger partial charge in [0.2, 0.25) is 0 Å². The summed E-state index contributed by atoms with van der Waals surface area (Å²) >= 11 is 0. The van der Waals surface area contributed by atoms with Crippen LogP contribution >= 0.6 is 7.82 Å². The average molecular weight is 744 g/mol. The second kappa shape index (κ2) is 34.8. The van der Waals surface area contributed by atoms with Crippen molar-refractivity contribution in [1.29, 1.82) is 0 Å². The lowest BCUT2D eigenvalue weighted by Crippen LogP contribution is -2.34. The van der Waals surface area contributed by atoms with Gasteiger partial charge in [0.05, 0.1) is 13.2 Å². The molecule has 3 atom stereocenters. The Morgan fingerprint density at radius 2 is 1.04 bits per heavy atom. The van der Waals surface area contributed by atoms with Crippen molar-refractivity contribution in [2.45, 2.75) is 174 Å². The highest BCUT2D eigenvalue weighted by molar-refractivity contribution is 7.47. The molecule has 0 aromatic rings. The molecule has 0 saturated carbocycles. The number of rotatable bonds is 36. The minimum absolute atomic E-state index is 0.113. The highest BCUT2D eigenvalue weighted by Crippen LogP contribution is 2.43. The number of carboxylic acid groups (broad SMARTS) is 1. The van der Waals surface area contributed by atoms with E-state index in [1.165, 1.54) is 70.6 Å². The Balaban J connectivity index is 4.51. The zero-order valence-corrected chi connectivity index (χ0v) is 32.6. The third-order valence-electron chi connectivity index (χ3n) is 8.14. The maximum atomic E-state index is 12.5. The van der Waals surface area contributed by atoms with E-state index in [1.54, 1.807) is 0 Å².